The Bertz CT molecular complexity index is 549. The van der Waals surface area contributed by atoms with E-state index in [9.17, 15) is 19.5 Å². The molecule has 128 valence electrons. The molecular formula is C14H21N3O5S. The number of hydrogen-bond donors (Lipinski definition) is 3. The van der Waals surface area contributed by atoms with Gasteiger partial charge in [-0.2, -0.15) is 0 Å². The minimum atomic E-state index is -1.11. The highest BCUT2D eigenvalue weighted by Gasteiger charge is 2.54. The number of fused-ring (bicyclic) bond motifs is 1. The van der Waals surface area contributed by atoms with Crippen molar-refractivity contribution in [2.24, 2.45) is 5.92 Å². The van der Waals surface area contributed by atoms with Gasteiger partial charge >= 0.3 is 12.0 Å². The third kappa shape index (κ3) is 3.45. The lowest BCUT2D eigenvalue weighted by atomic mass is 9.85. The number of nitrogens with one attached hydrogen (secondary N) is 1. The van der Waals surface area contributed by atoms with Crippen LogP contribution in [0.15, 0.2) is 10.6 Å². The number of thioether (sulfide) groups is 1. The first-order chi connectivity index (χ1) is 10.9. The molecule has 9 heteroatoms. The normalized spacial score (nSPS) is 22.7. The first-order valence-electron chi connectivity index (χ1n) is 7.36. The molecule has 0 aromatic rings. The van der Waals surface area contributed by atoms with Gasteiger partial charge in [0.2, 0.25) is 5.91 Å². The van der Waals surface area contributed by atoms with E-state index in [1.807, 2.05) is 0 Å². The van der Waals surface area contributed by atoms with Gasteiger partial charge in [0, 0.05) is 44.3 Å². The molecule has 2 heterocycles. The van der Waals surface area contributed by atoms with Gasteiger partial charge in [-0.1, -0.05) is 0 Å². The maximum absolute atomic E-state index is 12.0. The zero-order valence-corrected chi connectivity index (χ0v) is 13.9. The van der Waals surface area contributed by atoms with Crippen LogP contribution in [0.2, 0.25) is 0 Å². The molecule has 0 unspecified atom stereocenters. The molecule has 2 rings (SSSR count). The molecule has 8 nitrogen and oxygen atoms in total. The molecule has 0 aromatic heterocycles. The van der Waals surface area contributed by atoms with Crippen molar-refractivity contribution >= 4 is 29.7 Å². The first kappa shape index (κ1) is 17.6. The Morgan fingerprint density at radius 3 is 2.70 bits per heavy atom. The average molecular weight is 343 g/mol. The molecule has 1 saturated heterocycles. The predicted octanol–water partition coefficient (Wildman–Crippen LogP) is -0.0999. The summed E-state index contributed by atoms with van der Waals surface area (Å²) >= 11 is 1.35. The summed E-state index contributed by atoms with van der Waals surface area (Å²) in [4.78, 5) is 38.3. The van der Waals surface area contributed by atoms with Gasteiger partial charge in [-0.15, -0.1) is 11.8 Å². The van der Waals surface area contributed by atoms with Crippen LogP contribution in [-0.4, -0.2) is 77.0 Å². The van der Waals surface area contributed by atoms with Crippen LogP contribution in [0.1, 0.15) is 12.8 Å². The van der Waals surface area contributed by atoms with Crippen LogP contribution in [0.25, 0.3) is 0 Å². The highest BCUT2D eigenvalue weighted by Crippen LogP contribution is 2.46. The van der Waals surface area contributed by atoms with Crippen LogP contribution in [0.3, 0.4) is 0 Å². The third-order valence-corrected chi connectivity index (χ3v) is 5.07. The van der Waals surface area contributed by atoms with Gasteiger partial charge < -0.3 is 25.3 Å². The van der Waals surface area contributed by atoms with E-state index in [4.69, 9.17) is 5.11 Å². The van der Waals surface area contributed by atoms with E-state index in [-0.39, 0.29) is 36.2 Å². The maximum Gasteiger partial charge on any atom is 0.353 e. The predicted molar refractivity (Wildman–Crippen MR) is 84.6 cm³/mol. The summed E-state index contributed by atoms with van der Waals surface area (Å²) in [6.07, 6.45) is 0.869. The van der Waals surface area contributed by atoms with Gasteiger partial charge in [-0.3, -0.25) is 4.79 Å². The number of carboxylic acids is 1. The number of carboxylic acid groups (broad SMARTS) is 1. The average Bonchev–Trinajstić information content (AvgIpc) is 2.84. The van der Waals surface area contributed by atoms with Crippen molar-refractivity contribution in [3.63, 3.8) is 0 Å². The summed E-state index contributed by atoms with van der Waals surface area (Å²) in [6.45, 7) is 0.332. The van der Waals surface area contributed by atoms with Crippen LogP contribution >= 0.6 is 11.8 Å². The number of rotatable bonds is 7. The Hall–Kier alpha value is -1.74. The molecule has 0 saturated carbocycles. The van der Waals surface area contributed by atoms with E-state index in [0.717, 1.165) is 0 Å². The van der Waals surface area contributed by atoms with Crippen molar-refractivity contribution in [1.82, 2.24) is 15.1 Å². The second kappa shape index (κ2) is 7.22. The zero-order chi connectivity index (χ0) is 17.1. The number of carbonyl (C=O) groups is 3. The fourth-order valence-corrected chi connectivity index (χ4v) is 3.89. The molecule has 2 atom stereocenters. The Morgan fingerprint density at radius 1 is 1.43 bits per heavy atom. The lowest BCUT2D eigenvalue weighted by molar-refractivity contribution is -0.155. The molecule has 23 heavy (non-hydrogen) atoms. The molecule has 0 radical (unpaired) electrons. The van der Waals surface area contributed by atoms with Crippen molar-refractivity contribution in [1.29, 1.82) is 0 Å². The van der Waals surface area contributed by atoms with E-state index in [2.05, 4.69) is 5.32 Å². The summed E-state index contributed by atoms with van der Waals surface area (Å²) in [5.41, 5.74) is 0.0538. The smallest absolute Gasteiger partial charge is 0.353 e. The van der Waals surface area contributed by atoms with Crippen molar-refractivity contribution in [3.05, 3.63) is 10.6 Å². The molecular weight excluding hydrogens is 322 g/mol. The monoisotopic (exact) mass is 343 g/mol. The minimum Gasteiger partial charge on any atom is -0.477 e. The third-order valence-electron chi connectivity index (χ3n) is 3.95. The van der Waals surface area contributed by atoms with Crippen molar-refractivity contribution in [2.75, 3.05) is 33.0 Å². The summed E-state index contributed by atoms with van der Waals surface area (Å²) in [5.74, 6) is -1.09. The summed E-state index contributed by atoms with van der Waals surface area (Å²) in [6, 6.07) is -0.355. The lowest BCUT2D eigenvalue weighted by Gasteiger charge is -2.43. The fraction of sp³-hybridized carbons (Fsp3) is 0.643. The first-order valence-corrected chi connectivity index (χ1v) is 8.35. The van der Waals surface area contributed by atoms with Crippen molar-refractivity contribution in [3.8, 4) is 0 Å². The van der Waals surface area contributed by atoms with Gasteiger partial charge in [-0.05, 0) is 6.42 Å². The molecule has 0 bridgehead atoms. The number of urea groups is 1. The Morgan fingerprint density at radius 2 is 2.13 bits per heavy atom. The molecule has 3 amide bonds. The second-order valence-corrected chi connectivity index (χ2v) is 6.84. The topological polar surface area (TPSA) is 110 Å². The van der Waals surface area contributed by atoms with Crippen LogP contribution in [0, 0.1) is 5.92 Å². The van der Waals surface area contributed by atoms with E-state index < -0.39 is 5.97 Å². The van der Waals surface area contributed by atoms with E-state index in [0.29, 0.717) is 30.0 Å². The Labute approximate surface area is 138 Å². The Balaban J connectivity index is 1.94. The zero-order valence-electron chi connectivity index (χ0n) is 13.1. The minimum absolute atomic E-state index is 0.0538. The maximum atomic E-state index is 12.0. The number of carbonyl (C=O) groups excluding carboxylic acids is 2. The molecule has 0 aliphatic carbocycles. The fourth-order valence-electron chi connectivity index (χ4n) is 2.83. The molecule has 2 aliphatic heterocycles. The number of nitrogens with zero attached hydrogens (tertiary/aromatic N) is 2. The standard InChI is InChI=1S/C14H21N3O5S/c1-16(2)14(22)15-4-6-23-10-7-9-8(3-5-18)12(19)17(9)11(10)13(20)21/h8-9,18H,3-7H2,1-2H3,(H,15,22)(H,20,21)/t8-,9+/m0/s1. The number of amides is 3. The van der Waals surface area contributed by atoms with Gasteiger partial charge in [-0.25, -0.2) is 9.59 Å². The summed E-state index contributed by atoms with van der Waals surface area (Å²) in [7, 11) is 3.28. The Kier molecular flexibility index (Phi) is 5.53. The number of hydrogen-bond acceptors (Lipinski definition) is 5. The molecule has 3 N–H and O–H groups in total. The van der Waals surface area contributed by atoms with E-state index >= 15 is 0 Å². The summed E-state index contributed by atoms with van der Waals surface area (Å²) < 4.78 is 0. The van der Waals surface area contributed by atoms with Crippen LogP contribution < -0.4 is 5.32 Å². The number of aliphatic carboxylic acids is 1. The number of β-lactam (4-membered cyclic amide) rings is 1. The molecule has 2 aliphatic rings. The van der Waals surface area contributed by atoms with Gasteiger partial charge in [0.15, 0.2) is 0 Å². The molecule has 0 aromatic carbocycles. The number of aliphatic hydroxyl groups excluding tert-OH is 1. The highest BCUT2D eigenvalue weighted by molar-refractivity contribution is 8.03. The van der Waals surface area contributed by atoms with Crippen molar-refractivity contribution < 1.29 is 24.6 Å². The van der Waals surface area contributed by atoms with Crippen LogP contribution in [0.4, 0.5) is 4.79 Å². The quantitative estimate of drug-likeness (QED) is 0.440. The molecule has 1 fully saturated rings. The largest absolute Gasteiger partial charge is 0.477 e. The van der Waals surface area contributed by atoms with Crippen molar-refractivity contribution in [2.45, 2.75) is 18.9 Å². The van der Waals surface area contributed by atoms with Crippen LogP contribution in [-0.2, 0) is 9.59 Å². The second-order valence-electron chi connectivity index (χ2n) is 5.65. The molecule has 0 spiro atoms. The van der Waals surface area contributed by atoms with E-state index in [1.54, 1.807) is 14.1 Å². The highest BCUT2D eigenvalue weighted by atomic mass is 32.2. The van der Waals surface area contributed by atoms with Gasteiger partial charge in [0.25, 0.3) is 0 Å². The number of aliphatic hydroxyl groups is 1. The van der Waals surface area contributed by atoms with Gasteiger partial charge in [0.05, 0.1) is 12.0 Å². The summed E-state index contributed by atoms with van der Waals surface area (Å²) in [5, 5.41) is 21.1. The SMILES string of the molecule is CN(C)C(=O)NCCSC1=C(C(=O)O)N2C(=O)[C@@H](CCO)[C@H]2C1. The lowest BCUT2D eigenvalue weighted by Crippen LogP contribution is -2.58. The van der Waals surface area contributed by atoms with E-state index in [1.165, 1.54) is 21.6 Å². The van der Waals surface area contributed by atoms with Crippen LogP contribution in [0.5, 0.6) is 0 Å². The van der Waals surface area contributed by atoms with Gasteiger partial charge in [0.1, 0.15) is 5.70 Å².